The van der Waals surface area contributed by atoms with Gasteiger partial charge in [-0.3, -0.25) is 9.36 Å². The molecule has 0 heterocycles. The quantitative estimate of drug-likeness (QED) is 0.423. The van der Waals surface area contributed by atoms with Crippen LogP contribution in [-0.2, 0) is 23.2 Å². The summed E-state index contributed by atoms with van der Waals surface area (Å²) in [5.74, 6) is 0.0108. The number of carbonyl (C=O) groups excluding carboxylic acids is 2. The van der Waals surface area contributed by atoms with Crippen molar-refractivity contribution in [2.45, 2.75) is 39.5 Å². The Bertz CT molecular complexity index is 267. The van der Waals surface area contributed by atoms with E-state index in [1.807, 2.05) is 0 Å². The van der Waals surface area contributed by atoms with Gasteiger partial charge in [0.2, 0.25) is 0 Å². The molecule has 0 spiro atoms. The molecule has 0 N–H and O–H groups in total. The molecule has 0 aliphatic rings. The Morgan fingerprint density at radius 3 is 2.24 bits per heavy atom. The zero-order valence-corrected chi connectivity index (χ0v) is 11.4. The molecule has 0 unspecified atom stereocenters. The van der Waals surface area contributed by atoms with Gasteiger partial charge in [0.15, 0.2) is 0 Å². The van der Waals surface area contributed by atoms with Crippen LogP contribution in [0.3, 0.4) is 0 Å². The Balaban J connectivity index is 3.93. The van der Waals surface area contributed by atoms with Crippen LogP contribution >= 0.6 is 7.60 Å². The van der Waals surface area contributed by atoms with E-state index in [9.17, 15) is 14.2 Å². The molecule has 0 aromatic heterocycles. The number of ketones is 1. The minimum Gasteiger partial charge on any atom is -0.309 e. The largest absolute Gasteiger partial charge is 0.330 e. The standard InChI is InChI=1S/C11H21O5P/c1-3-15-17(14,16-4-2)10-6-8-11(13)7-5-9-12/h9H,3-8,10H2,1-2H3. The number of hydrogen-bond donors (Lipinski definition) is 0. The van der Waals surface area contributed by atoms with Crippen molar-refractivity contribution in [1.29, 1.82) is 0 Å². The molecule has 0 aliphatic carbocycles. The molecule has 100 valence electrons. The predicted molar refractivity (Wildman–Crippen MR) is 65.3 cm³/mol. The minimum atomic E-state index is -3.02. The molecule has 0 amide bonds. The van der Waals surface area contributed by atoms with Crippen LogP contribution in [0.1, 0.15) is 39.5 Å². The number of aldehydes is 1. The topological polar surface area (TPSA) is 69.7 Å². The number of Topliss-reactive ketones (excluding diaryl/α,β-unsaturated/α-hetero) is 1. The van der Waals surface area contributed by atoms with E-state index >= 15 is 0 Å². The Morgan fingerprint density at radius 2 is 1.76 bits per heavy atom. The van der Waals surface area contributed by atoms with Gasteiger partial charge < -0.3 is 13.8 Å². The van der Waals surface area contributed by atoms with Crippen molar-refractivity contribution in [2.75, 3.05) is 19.4 Å². The SMILES string of the molecule is CCOP(=O)(CCCC(=O)CCC=O)OCC. The Morgan fingerprint density at radius 1 is 1.18 bits per heavy atom. The molecule has 0 aromatic rings. The maximum atomic E-state index is 12.0. The number of rotatable bonds is 11. The van der Waals surface area contributed by atoms with E-state index in [1.54, 1.807) is 13.8 Å². The second kappa shape index (κ2) is 9.51. The van der Waals surface area contributed by atoms with Gasteiger partial charge in [0.25, 0.3) is 0 Å². The van der Waals surface area contributed by atoms with Crippen LogP contribution in [0.15, 0.2) is 0 Å². The fraction of sp³-hybridized carbons (Fsp3) is 0.818. The highest BCUT2D eigenvalue weighted by molar-refractivity contribution is 7.53. The molecule has 0 saturated heterocycles. The molecular formula is C11H21O5P. The number of carbonyl (C=O) groups is 2. The van der Waals surface area contributed by atoms with Crippen molar-refractivity contribution < 1.29 is 23.2 Å². The van der Waals surface area contributed by atoms with Gasteiger partial charge in [0, 0.05) is 19.3 Å². The maximum absolute atomic E-state index is 12.0. The summed E-state index contributed by atoms with van der Waals surface area (Å²) in [4.78, 5) is 21.3. The van der Waals surface area contributed by atoms with Crippen LogP contribution < -0.4 is 0 Å². The van der Waals surface area contributed by atoms with Gasteiger partial charge in [-0.1, -0.05) is 0 Å². The van der Waals surface area contributed by atoms with Gasteiger partial charge in [-0.15, -0.1) is 0 Å². The van der Waals surface area contributed by atoms with Crippen molar-refractivity contribution in [3.8, 4) is 0 Å². The van der Waals surface area contributed by atoms with E-state index in [0.717, 1.165) is 6.29 Å². The van der Waals surface area contributed by atoms with Gasteiger partial charge in [-0.25, -0.2) is 0 Å². The van der Waals surface area contributed by atoms with E-state index in [2.05, 4.69) is 0 Å². The van der Waals surface area contributed by atoms with Gasteiger partial charge in [0.1, 0.15) is 12.1 Å². The summed E-state index contributed by atoms with van der Waals surface area (Å²) in [6.07, 6.45) is 2.28. The third-order valence-electron chi connectivity index (χ3n) is 2.08. The average Bonchev–Trinajstić information content (AvgIpc) is 2.27. The molecule has 0 aliphatic heterocycles. The molecule has 17 heavy (non-hydrogen) atoms. The first-order chi connectivity index (χ1) is 8.08. The average molecular weight is 264 g/mol. The lowest BCUT2D eigenvalue weighted by Crippen LogP contribution is -2.04. The Kier molecular flexibility index (Phi) is 9.23. The molecule has 0 saturated carbocycles. The van der Waals surface area contributed by atoms with E-state index < -0.39 is 7.60 Å². The van der Waals surface area contributed by atoms with E-state index in [4.69, 9.17) is 9.05 Å². The summed E-state index contributed by atoms with van der Waals surface area (Å²) in [5, 5.41) is 0. The van der Waals surface area contributed by atoms with Crippen molar-refractivity contribution in [2.24, 2.45) is 0 Å². The highest BCUT2D eigenvalue weighted by atomic mass is 31.2. The van der Waals surface area contributed by atoms with Crippen LogP contribution in [0.25, 0.3) is 0 Å². The molecular weight excluding hydrogens is 243 g/mol. The van der Waals surface area contributed by atoms with E-state index in [-0.39, 0.29) is 24.8 Å². The smallest absolute Gasteiger partial charge is 0.309 e. The molecule has 0 bridgehead atoms. The predicted octanol–water partition coefficient (Wildman–Crippen LogP) is 2.58. The normalized spacial score (nSPS) is 11.4. The summed E-state index contributed by atoms with van der Waals surface area (Å²) in [6.45, 7) is 4.16. The van der Waals surface area contributed by atoms with Crippen molar-refractivity contribution >= 4 is 19.7 Å². The van der Waals surface area contributed by atoms with E-state index in [0.29, 0.717) is 26.1 Å². The molecule has 6 heteroatoms. The van der Waals surface area contributed by atoms with E-state index in [1.165, 1.54) is 0 Å². The minimum absolute atomic E-state index is 0.0108. The van der Waals surface area contributed by atoms with Gasteiger partial charge in [-0.2, -0.15) is 0 Å². The third kappa shape index (κ3) is 8.25. The van der Waals surface area contributed by atoms with Crippen LogP contribution in [-0.4, -0.2) is 31.4 Å². The first kappa shape index (κ1) is 16.5. The molecule has 0 aromatic carbocycles. The third-order valence-corrected chi connectivity index (χ3v) is 4.25. The second-order valence-electron chi connectivity index (χ2n) is 3.52. The lowest BCUT2D eigenvalue weighted by atomic mass is 10.1. The Labute approximate surface area is 102 Å². The molecule has 5 nitrogen and oxygen atoms in total. The summed E-state index contributed by atoms with van der Waals surface area (Å²) in [5.41, 5.74) is 0. The van der Waals surface area contributed by atoms with Crippen LogP contribution in [0, 0.1) is 0 Å². The Hall–Kier alpha value is -0.510. The highest BCUT2D eigenvalue weighted by Gasteiger charge is 2.22. The lowest BCUT2D eigenvalue weighted by Gasteiger charge is -2.16. The summed E-state index contributed by atoms with van der Waals surface area (Å²) in [6, 6.07) is 0. The number of hydrogen-bond acceptors (Lipinski definition) is 5. The maximum Gasteiger partial charge on any atom is 0.330 e. The molecule has 0 atom stereocenters. The van der Waals surface area contributed by atoms with Gasteiger partial charge >= 0.3 is 7.60 Å². The summed E-state index contributed by atoms with van der Waals surface area (Å²) in [7, 11) is -3.02. The fourth-order valence-electron chi connectivity index (χ4n) is 1.37. The summed E-state index contributed by atoms with van der Waals surface area (Å²) >= 11 is 0. The molecule has 0 fully saturated rings. The first-order valence-corrected chi connectivity index (χ1v) is 7.64. The molecule has 0 rings (SSSR count). The second-order valence-corrected chi connectivity index (χ2v) is 5.70. The zero-order chi connectivity index (χ0) is 13.1. The molecule has 0 radical (unpaired) electrons. The van der Waals surface area contributed by atoms with Crippen molar-refractivity contribution in [3.05, 3.63) is 0 Å². The fourth-order valence-corrected chi connectivity index (χ4v) is 3.04. The van der Waals surface area contributed by atoms with Gasteiger partial charge in [-0.05, 0) is 20.3 Å². The zero-order valence-electron chi connectivity index (χ0n) is 10.5. The highest BCUT2D eigenvalue weighted by Crippen LogP contribution is 2.48. The lowest BCUT2D eigenvalue weighted by molar-refractivity contribution is -0.120. The first-order valence-electron chi connectivity index (χ1n) is 5.91. The summed E-state index contributed by atoms with van der Waals surface area (Å²) < 4.78 is 22.2. The monoisotopic (exact) mass is 264 g/mol. The van der Waals surface area contributed by atoms with Crippen molar-refractivity contribution in [3.63, 3.8) is 0 Å². The van der Waals surface area contributed by atoms with Crippen LogP contribution in [0.2, 0.25) is 0 Å². The van der Waals surface area contributed by atoms with Crippen LogP contribution in [0.5, 0.6) is 0 Å². The van der Waals surface area contributed by atoms with Crippen LogP contribution in [0.4, 0.5) is 0 Å². The van der Waals surface area contributed by atoms with Gasteiger partial charge in [0.05, 0.1) is 19.4 Å². The van der Waals surface area contributed by atoms with Crippen molar-refractivity contribution in [1.82, 2.24) is 0 Å².